The van der Waals surface area contributed by atoms with Crippen molar-refractivity contribution in [3.05, 3.63) is 65.7 Å². The van der Waals surface area contributed by atoms with E-state index in [1.165, 1.54) is 0 Å². The van der Waals surface area contributed by atoms with Crippen LogP contribution in [-0.2, 0) is 0 Å². The molecule has 20 heavy (non-hydrogen) atoms. The van der Waals surface area contributed by atoms with Gasteiger partial charge in [-0.3, -0.25) is 0 Å². The molecule has 3 heteroatoms. The number of nitrogens with zero attached hydrogens (tertiary/aromatic N) is 1. The quantitative estimate of drug-likeness (QED) is 0.655. The highest BCUT2D eigenvalue weighted by molar-refractivity contribution is 5.85. The van der Waals surface area contributed by atoms with E-state index >= 15 is 0 Å². The molecule has 3 aromatic rings. The van der Waals surface area contributed by atoms with Crippen LogP contribution in [0.2, 0.25) is 0 Å². The van der Waals surface area contributed by atoms with Crippen molar-refractivity contribution in [3.63, 3.8) is 0 Å². The summed E-state index contributed by atoms with van der Waals surface area (Å²) in [6, 6.07) is 17.3. The summed E-state index contributed by atoms with van der Waals surface area (Å²) >= 11 is 0. The number of aliphatic hydroxyl groups excluding tert-OH is 2. The van der Waals surface area contributed by atoms with Crippen LogP contribution in [0.3, 0.4) is 0 Å². The van der Waals surface area contributed by atoms with Crippen LogP contribution < -0.4 is 0 Å². The van der Waals surface area contributed by atoms with Crippen LogP contribution in [0.15, 0.2) is 54.6 Å². The second kappa shape index (κ2) is 4.13. The van der Waals surface area contributed by atoms with Crippen molar-refractivity contribution in [2.45, 2.75) is 12.2 Å². The summed E-state index contributed by atoms with van der Waals surface area (Å²) in [7, 11) is 0. The summed E-state index contributed by atoms with van der Waals surface area (Å²) in [6.07, 6.45) is -1.83. The standard InChI is InChI=1S/C17H13NO2/c19-16-12-7-3-2-6-11(12)15-13(17(16)20)9-10-5-1-4-8-14(10)18-15/h1-9,16-17,19-20H/t16-,17-/m1/s1. The molecule has 0 saturated carbocycles. The van der Waals surface area contributed by atoms with Gasteiger partial charge in [0.25, 0.3) is 0 Å². The number of benzene rings is 2. The van der Waals surface area contributed by atoms with Gasteiger partial charge in [-0.15, -0.1) is 0 Å². The van der Waals surface area contributed by atoms with Gasteiger partial charge in [-0.2, -0.15) is 0 Å². The normalized spacial score (nSPS) is 20.5. The third-order valence-electron chi connectivity index (χ3n) is 3.91. The van der Waals surface area contributed by atoms with Crippen molar-refractivity contribution in [2.24, 2.45) is 0 Å². The molecule has 1 aliphatic rings. The number of fused-ring (bicyclic) bond motifs is 4. The predicted octanol–water partition coefficient (Wildman–Crippen LogP) is 2.98. The molecule has 0 unspecified atom stereocenters. The molecule has 98 valence electrons. The topological polar surface area (TPSA) is 53.4 Å². The van der Waals surface area contributed by atoms with Crippen LogP contribution in [0, 0.1) is 0 Å². The van der Waals surface area contributed by atoms with Gasteiger partial charge in [-0.05, 0) is 17.7 Å². The Morgan fingerprint density at radius 2 is 1.50 bits per heavy atom. The number of pyridine rings is 1. The van der Waals surface area contributed by atoms with Gasteiger partial charge in [-0.1, -0.05) is 42.5 Å². The van der Waals surface area contributed by atoms with Crippen molar-refractivity contribution in [1.29, 1.82) is 0 Å². The van der Waals surface area contributed by atoms with Gasteiger partial charge < -0.3 is 10.2 Å². The largest absolute Gasteiger partial charge is 0.385 e. The molecule has 0 amide bonds. The minimum atomic E-state index is -0.933. The summed E-state index contributed by atoms with van der Waals surface area (Å²) < 4.78 is 0. The summed E-state index contributed by atoms with van der Waals surface area (Å²) in [5, 5.41) is 21.6. The maximum absolute atomic E-state index is 10.3. The van der Waals surface area contributed by atoms with Gasteiger partial charge in [0.05, 0.1) is 11.2 Å². The Balaban J connectivity index is 2.09. The van der Waals surface area contributed by atoms with E-state index in [0.29, 0.717) is 5.56 Å². The van der Waals surface area contributed by atoms with Crippen molar-refractivity contribution in [1.82, 2.24) is 4.98 Å². The highest BCUT2D eigenvalue weighted by Crippen LogP contribution is 2.44. The Hall–Kier alpha value is -2.23. The first-order chi connectivity index (χ1) is 9.75. The molecular formula is C17H13NO2. The smallest absolute Gasteiger partial charge is 0.111 e. The summed E-state index contributed by atoms with van der Waals surface area (Å²) in [5.74, 6) is 0. The molecule has 2 aromatic carbocycles. The summed E-state index contributed by atoms with van der Waals surface area (Å²) in [6.45, 7) is 0. The highest BCUT2D eigenvalue weighted by atomic mass is 16.3. The lowest BCUT2D eigenvalue weighted by atomic mass is 9.84. The highest BCUT2D eigenvalue weighted by Gasteiger charge is 2.31. The first-order valence-corrected chi connectivity index (χ1v) is 6.61. The van der Waals surface area contributed by atoms with E-state index in [1.54, 1.807) is 0 Å². The van der Waals surface area contributed by atoms with Crippen LogP contribution in [0.5, 0.6) is 0 Å². The lowest BCUT2D eigenvalue weighted by Crippen LogP contribution is -2.18. The molecule has 2 N–H and O–H groups in total. The van der Waals surface area contributed by atoms with Crippen molar-refractivity contribution in [3.8, 4) is 11.3 Å². The third kappa shape index (κ3) is 1.51. The lowest BCUT2D eigenvalue weighted by molar-refractivity contribution is 0.0156. The zero-order valence-corrected chi connectivity index (χ0v) is 10.7. The molecule has 0 saturated heterocycles. The molecule has 0 spiro atoms. The monoisotopic (exact) mass is 263 g/mol. The second-order valence-electron chi connectivity index (χ2n) is 5.10. The van der Waals surface area contributed by atoms with Gasteiger partial charge in [0.1, 0.15) is 12.2 Å². The minimum Gasteiger partial charge on any atom is -0.385 e. The van der Waals surface area contributed by atoms with Crippen molar-refractivity contribution in [2.75, 3.05) is 0 Å². The summed E-state index contributed by atoms with van der Waals surface area (Å²) in [4.78, 5) is 4.67. The molecule has 1 aliphatic carbocycles. The second-order valence-corrected chi connectivity index (χ2v) is 5.10. The predicted molar refractivity (Wildman–Crippen MR) is 77.1 cm³/mol. The molecule has 2 atom stereocenters. The van der Waals surface area contributed by atoms with E-state index in [0.717, 1.165) is 27.7 Å². The molecule has 1 heterocycles. The first kappa shape index (κ1) is 11.6. The number of hydrogen-bond donors (Lipinski definition) is 2. The van der Waals surface area contributed by atoms with Gasteiger partial charge in [0.2, 0.25) is 0 Å². The van der Waals surface area contributed by atoms with Crippen LogP contribution in [0.4, 0.5) is 0 Å². The molecule has 4 rings (SSSR count). The fourth-order valence-electron chi connectivity index (χ4n) is 2.88. The Morgan fingerprint density at radius 1 is 0.800 bits per heavy atom. The molecule has 1 aromatic heterocycles. The summed E-state index contributed by atoms with van der Waals surface area (Å²) in [5.41, 5.74) is 3.97. The van der Waals surface area contributed by atoms with Gasteiger partial charge in [0.15, 0.2) is 0 Å². The molecular weight excluding hydrogens is 250 g/mol. The van der Waals surface area contributed by atoms with E-state index in [-0.39, 0.29) is 0 Å². The first-order valence-electron chi connectivity index (χ1n) is 6.61. The molecule has 0 radical (unpaired) electrons. The zero-order valence-electron chi connectivity index (χ0n) is 10.7. The number of aromatic nitrogens is 1. The Morgan fingerprint density at radius 3 is 2.40 bits per heavy atom. The van der Waals surface area contributed by atoms with Gasteiger partial charge in [0, 0.05) is 16.5 Å². The average molecular weight is 263 g/mol. The van der Waals surface area contributed by atoms with Crippen LogP contribution >= 0.6 is 0 Å². The fourth-order valence-corrected chi connectivity index (χ4v) is 2.88. The Kier molecular flexibility index (Phi) is 2.39. The van der Waals surface area contributed by atoms with E-state index < -0.39 is 12.2 Å². The van der Waals surface area contributed by atoms with Gasteiger partial charge in [-0.25, -0.2) is 4.98 Å². The number of para-hydroxylation sites is 1. The Bertz CT molecular complexity index is 813. The van der Waals surface area contributed by atoms with E-state index in [2.05, 4.69) is 4.98 Å². The van der Waals surface area contributed by atoms with Crippen LogP contribution in [-0.4, -0.2) is 15.2 Å². The zero-order chi connectivity index (χ0) is 13.7. The maximum atomic E-state index is 10.3. The molecule has 0 aliphatic heterocycles. The minimum absolute atomic E-state index is 0.690. The number of rotatable bonds is 0. The average Bonchev–Trinajstić information content (AvgIpc) is 2.51. The Labute approximate surface area is 116 Å². The number of hydrogen-bond acceptors (Lipinski definition) is 3. The SMILES string of the molecule is O[C@@H]1c2ccccc2-c2nc3ccccc3cc2[C@H]1O. The van der Waals surface area contributed by atoms with Crippen LogP contribution in [0.25, 0.3) is 22.2 Å². The molecule has 3 nitrogen and oxygen atoms in total. The van der Waals surface area contributed by atoms with Crippen LogP contribution in [0.1, 0.15) is 23.3 Å². The lowest BCUT2D eigenvalue weighted by Gasteiger charge is -2.28. The van der Waals surface area contributed by atoms with Crippen molar-refractivity contribution < 1.29 is 10.2 Å². The van der Waals surface area contributed by atoms with E-state index in [1.807, 2.05) is 54.6 Å². The number of aliphatic hydroxyl groups is 2. The molecule has 0 fully saturated rings. The van der Waals surface area contributed by atoms with E-state index in [9.17, 15) is 10.2 Å². The fraction of sp³-hybridized carbons (Fsp3) is 0.118. The van der Waals surface area contributed by atoms with E-state index in [4.69, 9.17) is 0 Å². The van der Waals surface area contributed by atoms with Gasteiger partial charge >= 0.3 is 0 Å². The van der Waals surface area contributed by atoms with Crippen molar-refractivity contribution >= 4 is 10.9 Å². The maximum Gasteiger partial charge on any atom is 0.111 e. The molecule has 0 bridgehead atoms. The third-order valence-corrected chi connectivity index (χ3v) is 3.91.